The lowest BCUT2D eigenvalue weighted by Gasteiger charge is -2.32. The van der Waals surface area contributed by atoms with Gasteiger partial charge in [0.05, 0.1) is 17.5 Å². The fourth-order valence-electron chi connectivity index (χ4n) is 3.26. The Morgan fingerprint density at radius 2 is 2.05 bits per heavy atom. The number of sulfone groups is 1. The Balaban J connectivity index is 2.05. The SMILES string of the molecule is CCCCN(C(=O)C1CCCCCN1)C1CCS(=O)(=O)C1. The number of carbonyl (C=O) groups excluding carboxylic acids is 1. The maximum atomic E-state index is 12.8. The molecule has 0 bridgehead atoms. The van der Waals surface area contributed by atoms with Crippen LogP contribution in [0.25, 0.3) is 0 Å². The van der Waals surface area contributed by atoms with Crippen molar-refractivity contribution >= 4 is 15.7 Å². The molecule has 2 saturated heterocycles. The summed E-state index contributed by atoms with van der Waals surface area (Å²) in [6.07, 6.45) is 6.80. The van der Waals surface area contributed by atoms with E-state index in [1.807, 2.05) is 4.90 Å². The first-order valence-electron chi connectivity index (χ1n) is 8.28. The zero-order chi connectivity index (χ0) is 15.3. The van der Waals surface area contributed by atoms with Gasteiger partial charge >= 0.3 is 0 Å². The first kappa shape index (κ1) is 16.7. The van der Waals surface area contributed by atoms with Crippen LogP contribution < -0.4 is 5.32 Å². The first-order chi connectivity index (χ1) is 10.0. The molecule has 0 saturated carbocycles. The Hall–Kier alpha value is -0.620. The maximum Gasteiger partial charge on any atom is 0.239 e. The van der Waals surface area contributed by atoms with Crippen LogP contribution in [0.15, 0.2) is 0 Å². The lowest BCUT2D eigenvalue weighted by molar-refractivity contribution is -0.135. The first-order valence-corrected chi connectivity index (χ1v) is 10.1. The zero-order valence-electron chi connectivity index (χ0n) is 13.0. The maximum absolute atomic E-state index is 12.8. The molecule has 2 heterocycles. The second-order valence-electron chi connectivity index (χ2n) is 6.30. The molecule has 0 spiro atoms. The summed E-state index contributed by atoms with van der Waals surface area (Å²) < 4.78 is 23.4. The van der Waals surface area contributed by atoms with Crippen molar-refractivity contribution in [1.82, 2.24) is 10.2 Å². The van der Waals surface area contributed by atoms with Crippen molar-refractivity contribution in [1.29, 1.82) is 0 Å². The van der Waals surface area contributed by atoms with Crippen molar-refractivity contribution in [3.8, 4) is 0 Å². The highest BCUT2D eigenvalue weighted by Gasteiger charge is 2.36. The molecule has 2 atom stereocenters. The van der Waals surface area contributed by atoms with Crippen molar-refractivity contribution in [2.75, 3.05) is 24.6 Å². The van der Waals surface area contributed by atoms with Crippen molar-refractivity contribution < 1.29 is 13.2 Å². The summed E-state index contributed by atoms with van der Waals surface area (Å²) >= 11 is 0. The molecule has 0 aromatic heterocycles. The van der Waals surface area contributed by atoms with Gasteiger partial charge in [0.1, 0.15) is 0 Å². The third kappa shape index (κ3) is 4.68. The smallest absolute Gasteiger partial charge is 0.239 e. The number of hydrogen-bond acceptors (Lipinski definition) is 4. The number of rotatable bonds is 5. The number of unbranched alkanes of at least 4 members (excludes halogenated alkanes) is 1. The van der Waals surface area contributed by atoms with E-state index in [1.165, 1.54) is 6.42 Å². The van der Waals surface area contributed by atoms with E-state index in [0.717, 1.165) is 38.6 Å². The van der Waals surface area contributed by atoms with Gasteiger partial charge in [-0.25, -0.2) is 8.42 Å². The van der Waals surface area contributed by atoms with Crippen LogP contribution in [0.1, 0.15) is 51.9 Å². The Bertz CT molecular complexity index is 442. The summed E-state index contributed by atoms with van der Waals surface area (Å²) in [6, 6.07) is -0.230. The van der Waals surface area contributed by atoms with Crippen LogP contribution in [0, 0.1) is 0 Å². The third-order valence-corrected chi connectivity index (χ3v) is 6.29. The number of nitrogens with one attached hydrogen (secondary N) is 1. The van der Waals surface area contributed by atoms with Gasteiger partial charge < -0.3 is 10.2 Å². The highest BCUT2D eigenvalue weighted by molar-refractivity contribution is 7.91. The van der Waals surface area contributed by atoms with Gasteiger partial charge in [-0.3, -0.25) is 4.79 Å². The van der Waals surface area contributed by atoms with Gasteiger partial charge in [0.2, 0.25) is 5.91 Å². The molecule has 0 aromatic carbocycles. The molecule has 6 heteroatoms. The second kappa shape index (κ2) is 7.58. The van der Waals surface area contributed by atoms with E-state index in [2.05, 4.69) is 12.2 Å². The predicted octanol–water partition coefficient (Wildman–Crippen LogP) is 1.33. The Morgan fingerprint density at radius 1 is 1.24 bits per heavy atom. The van der Waals surface area contributed by atoms with Crippen LogP contribution in [0.4, 0.5) is 0 Å². The molecule has 5 nitrogen and oxygen atoms in total. The minimum absolute atomic E-state index is 0.112. The van der Waals surface area contributed by atoms with Crippen molar-refractivity contribution in [3.05, 3.63) is 0 Å². The molecule has 0 radical (unpaired) electrons. The van der Waals surface area contributed by atoms with Crippen LogP contribution in [-0.2, 0) is 14.6 Å². The van der Waals surface area contributed by atoms with Gasteiger partial charge in [-0.05, 0) is 32.2 Å². The van der Waals surface area contributed by atoms with E-state index in [4.69, 9.17) is 0 Å². The largest absolute Gasteiger partial charge is 0.337 e. The second-order valence-corrected chi connectivity index (χ2v) is 8.53. The molecular weight excluding hydrogens is 288 g/mol. The van der Waals surface area contributed by atoms with E-state index in [1.54, 1.807) is 0 Å². The van der Waals surface area contributed by atoms with Crippen LogP contribution in [0.5, 0.6) is 0 Å². The standard InChI is InChI=1S/C15H28N2O3S/c1-2-3-10-17(13-8-11-21(19,20)12-13)15(18)14-7-5-4-6-9-16-14/h13-14,16H,2-12H2,1H3. The van der Waals surface area contributed by atoms with Gasteiger partial charge in [-0.1, -0.05) is 26.2 Å². The van der Waals surface area contributed by atoms with Gasteiger partial charge in [0, 0.05) is 12.6 Å². The molecule has 0 aromatic rings. The van der Waals surface area contributed by atoms with E-state index in [0.29, 0.717) is 13.0 Å². The van der Waals surface area contributed by atoms with Gasteiger partial charge in [0.15, 0.2) is 9.84 Å². The fourth-order valence-corrected chi connectivity index (χ4v) is 4.99. The molecule has 1 amide bonds. The summed E-state index contributed by atoms with van der Waals surface area (Å²) in [5.41, 5.74) is 0. The Morgan fingerprint density at radius 3 is 2.71 bits per heavy atom. The number of amides is 1. The van der Waals surface area contributed by atoms with E-state index >= 15 is 0 Å². The van der Waals surface area contributed by atoms with Gasteiger partial charge in [0.25, 0.3) is 0 Å². The lowest BCUT2D eigenvalue weighted by Crippen LogP contribution is -2.51. The Labute approximate surface area is 128 Å². The highest BCUT2D eigenvalue weighted by atomic mass is 32.2. The molecule has 1 N–H and O–H groups in total. The minimum Gasteiger partial charge on any atom is -0.337 e. The van der Waals surface area contributed by atoms with Gasteiger partial charge in [-0.2, -0.15) is 0 Å². The molecule has 2 aliphatic rings. The predicted molar refractivity (Wildman–Crippen MR) is 83.9 cm³/mol. The molecule has 122 valence electrons. The molecular formula is C15H28N2O3S. The molecule has 2 unspecified atom stereocenters. The number of carbonyl (C=O) groups is 1. The Kier molecular flexibility index (Phi) is 6.05. The summed E-state index contributed by atoms with van der Waals surface area (Å²) in [6.45, 7) is 3.67. The molecule has 0 aliphatic carbocycles. The molecule has 21 heavy (non-hydrogen) atoms. The summed E-state index contributed by atoms with van der Waals surface area (Å²) in [5.74, 6) is 0.494. The average Bonchev–Trinajstić information content (AvgIpc) is 2.68. The van der Waals surface area contributed by atoms with Crippen LogP contribution in [0.3, 0.4) is 0 Å². The van der Waals surface area contributed by atoms with E-state index < -0.39 is 9.84 Å². The summed E-state index contributed by atoms with van der Waals surface area (Å²) in [7, 11) is -2.95. The molecule has 2 fully saturated rings. The summed E-state index contributed by atoms with van der Waals surface area (Å²) in [4.78, 5) is 14.7. The number of hydrogen-bond donors (Lipinski definition) is 1. The molecule has 2 rings (SSSR count). The topological polar surface area (TPSA) is 66.5 Å². The highest BCUT2D eigenvalue weighted by Crippen LogP contribution is 2.21. The van der Waals surface area contributed by atoms with Crippen molar-refractivity contribution in [3.63, 3.8) is 0 Å². The minimum atomic E-state index is -2.95. The quantitative estimate of drug-likeness (QED) is 0.831. The third-order valence-electron chi connectivity index (χ3n) is 4.54. The fraction of sp³-hybridized carbons (Fsp3) is 0.933. The molecule has 2 aliphatic heterocycles. The van der Waals surface area contributed by atoms with Crippen LogP contribution in [0.2, 0.25) is 0 Å². The monoisotopic (exact) mass is 316 g/mol. The lowest BCUT2D eigenvalue weighted by atomic mass is 10.1. The van der Waals surface area contributed by atoms with Crippen LogP contribution >= 0.6 is 0 Å². The van der Waals surface area contributed by atoms with Crippen molar-refractivity contribution in [2.24, 2.45) is 0 Å². The van der Waals surface area contributed by atoms with Crippen molar-refractivity contribution in [2.45, 2.75) is 64.0 Å². The van der Waals surface area contributed by atoms with E-state index in [-0.39, 0.29) is 29.5 Å². The van der Waals surface area contributed by atoms with Crippen LogP contribution in [-0.4, -0.2) is 55.9 Å². The number of nitrogens with zero attached hydrogens (tertiary/aromatic N) is 1. The normalized spacial score (nSPS) is 29.0. The summed E-state index contributed by atoms with van der Waals surface area (Å²) in [5, 5.41) is 3.34. The van der Waals surface area contributed by atoms with E-state index in [9.17, 15) is 13.2 Å². The average molecular weight is 316 g/mol. The zero-order valence-corrected chi connectivity index (χ0v) is 13.8. The van der Waals surface area contributed by atoms with Gasteiger partial charge in [-0.15, -0.1) is 0 Å².